The van der Waals surface area contributed by atoms with Crippen LogP contribution in [-0.4, -0.2) is 29.9 Å². The van der Waals surface area contributed by atoms with Crippen LogP contribution >= 0.6 is 0 Å². The Labute approximate surface area is 546 Å². The topological polar surface area (TPSA) is 77.3 Å². The molecule has 6 aromatic carbocycles. The van der Waals surface area contributed by atoms with Crippen molar-refractivity contribution in [2.24, 2.45) is 0 Å². The fourth-order valence-corrected chi connectivity index (χ4v) is 7.28. The van der Waals surface area contributed by atoms with Crippen molar-refractivity contribution in [1.82, 2.24) is 29.9 Å². The maximum atomic E-state index is 4.93. The molecule has 6 heterocycles. The number of pyridine rings is 6. The molecule has 6 aromatic heterocycles. The van der Waals surface area contributed by atoms with E-state index in [0.29, 0.717) is 30.2 Å². The van der Waals surface area contributed by atoms with Crippen molar-refractivity contribution in [3.05, 3.63) is 218 Å². The summed E-state index contributed by atoms with van der Waals surface area (Å²) in [4.78, 5) is 25.1. The van der Waals surface area contributed by atoms with Gasteiger partial charge < -0.3 is 75.8 Å². The molecule has 0 unspecified atom stereocenters. The van der Waals surface area contributed by atoms with Crippen molar-refractivity contribution in [2.75, 3.05) is 0 Å². The van der Waals surface area contributed by atoms with E-state index in [9.17, 15) is 0 Å². The summed E-state index contributed by atoms with van der Waals surface area (Å²) < 4.78 is 0. The minimum atomic E-state index is 0. The molecule has 0 aliphatic heterocycles. The number of hydrogen-bond donors (Lipinski definition) is 0. The van der Waals surface area contributed by atoms with Crippen LogP contribution in [-0.2, 0) is 210 Å². The summed E-state index contributed by atoms with van der Waals surface area (Å²) in [6.07, 6.45) is 0. The van der Waals surface area contributed by atoms with Gasteiger partial charge in [-0.1, -0.05) is 212 Å². The number of para-hydroxylation sites is 6. The maximum absolute atomic E-state index is 4.93. The van der Waals surface area contributed by atoms with Gasteiger partial charge in [0.15, 0.2) is 0 Å². The molecule has 0 bridgehead atoms. The summed E-state index contributed by atoms with van der Waals surface area (Å²) >= 11 is 29.6. The summed E-state index contributed by atoms with van der Waals surface area (Å²) in [5.74, 6) is 0. The Balaban J connectivity index is 0.000000425. The molecule has 0 saturated heterocycles. The van der Waals surface area contributed by atoms with Gasteiger partial charge in [-0.05, 0) is 36.4 Å². The van der Waals surface area contributed by atoms with Crippen LogP contribution in [0.4, 0.5) is 0 Å². The standard InChI is InChI=1S/6C9H7NS.6Ag/c6*11-9-6-5-7-3-1-2-4-8(7)10-9;;;;;;/h6*1-6H,(H,10,11);;;;;;/q;;;;;;6*+1/p-6. The number of rotatable bonds is 0. The fourth-order valence-electron chi connectivity index (χ4n) is 6.28. The molecule has 0 aliphatic carbocycles. The van der Waals surface area contributed by atoms with Crippen molar-refractivity contribution in [3.63, 3.8) is 0 Å². The number of aromatic nitrogens is 6. The Hall–Kier alpha value is -2.46. The van der Waals surface area contributed by atoms with E-state index in [0.717, 1.165) is 65.4 Å². The molecule has 18 heteroatoms. The Morgan fingerprint density at radius 2 is 0.292 bits per heavy atom. The summed E-state index contributed by atoms with van der Waals surface area (Å²) in [6.45, 7) is 0. The summed E-state index contributed by atoms with van der Waals surface area (Å²) in [7, 11) is 0. The maximum Gasteiger partial charge on any atom is 1.00 e. The van der Waals surface area contributed by atoms with Crippen molar-refractivity contribution in [1.29, 1.82) is 0 Å². The minimum Gasteiger partial charge on any atom is -0.760 e. The monoisotopic (exact) mass is 1600 g/mol. The van der Waals surface area contributed by atoms with E-state index in [1.807, 2.05) is 218 Å². The first kappa shape index (κ1) is 67.6. The first-order valence-corrected chi connectivity index (χ1v) is 22.8. The smallest absolute Gasteiger partial charge is 0.760 e. The molecule has 0 spiro atoms. The molecular formula is C54H36Ag6N6S6. The summed E-state index contributed by atoms with van der Waals surface area (Å²) in [5, 5.41) is 10.8. The number of hydrogen-bond acceptors (Lipinski definition) is 12. The van der Waals surface area contributed by atoms with Crippen molar-refractivity contribution >= 4 is 141 Å². The quantitative estimate of drug-likeness (QED) is 0.107. The molecule has 0 fully saturated rings. The van der Waals surface area contributed by atoms with Crippen LogP contribution in [0.2, 0.25) is 0 Å². The van der Waals surface area contributed by atoms with E-state index in [1.54, 1.807) is 0 Å². The second-order valence-corrected chi connectivity index (χ2v) is 16.6. The Kier molecular flexibility index (Phi) is 33.5. The zero-order valence-corrected chi connectivity index (χ0v) is 50.5. The largest absolute Gasteiger partial charge is 1.00 e. The normalized spacial score (nSPS) is 9.33. The first-order chi connectivity index (χ1) is 32.2. The fraction of sp³-hybridized carbons (Fsp3) is 0. The number of nitrogens with zero attached hydrogens (tertiary/aromatic N) is 6. The predicted molar refractivity (Wildman–Crippen MR) is 284 cm³/mol. The molecule has 384 valence electrons. The molecule has 6 nitrogen and oxygen atoms in total. The van der Waals surface area contributed by atoms with Gasteiger partial charge in [0.2, 0.25) is 0 Å². The van der Waals surface area contributed by atoms with Gasteiger partial charge >= 0.3 is 134 Å². The van der Waals surface area contributed by atoms with Gasteiger partial charge in [-0.25, -0.2) is 0 Å². The SMILES string of the molecule is [Ag+].[Ag+].[Ag+].[Ag+].[Ag+].[Ag+].[S-]c1ccc2ccccc2n1.[S-]c1ccc2ccccc2n1.[S-]c1ccc2ccccc2n1.[S-]c1ccc2ccccc2n1.[S-]c1ccc2ccccc2n1.[S-]c1ccc2ccccc2n1. The number of fused-ring (bicyclic) bond motifs is 6. The Morgan fingerprint density at radius 3 is 0.431 bits per heavy atom. The molecule has 12 rings (SSSR count). The van der Waals surface area contributed by atoms with Gasteiger partial charge in [0.25, 0.3) is 0 Å². The van der Waals surface area contributed by atoms with Gasteiger partial charge in [-0.15, -0.1) is 0 Å². The van der Waals surface area contributed by atoms with Crippen molar-refractivity contribution in [2.45, 2.75) is 30.2 Å². The molecule has 12 aromatic rings. The average Bonchev–Trinajstić information content (AvgIpc) is 3.35. The van der Waals surface area contributed by atoms with Gasteiger partial charge in [0, 0.05) is 32.3 Å². The average molecular weight is 1610 g/mol. The summed E-state index contributed by atoms with van der Waals surface area (Å²) in [6, 6.07) is 70.7. The molecule has 0 amide bonds. The van der Waals surface area contributed by atoms with Crippen LogP contribution in [0.5, 0.6) is 0 Å². The van der Waals surface area contributed by atoms with Crippen LogP contribution in [0.25, 0.3) is 65.4 Å². The molecular weight excluding hydrogens is 1570 g/mol. The Bertz CT molecular complexity index is 2930. The van der Waals surface area contributed by atoms with E-state index in [1.165, 1.54) is 0 Å². The van der Waals surface area contributed by atoms with E-state index < -0.39 is 0 Å². The van der Waals surface area contributed by atoms with Crippen molar-refractivity contribution < 1.29 is 134 Å². The predicted octanol–water partition coefficient (Wildman–Crippen LogP) is 12.8. The van der Waals surface area contributed by atoms with Crippen LogP contribution in [0.3, 0.4) is 0 Å². The van der Waals surface area contributed by atoms with Crippen molar-refractivity contribution in [3.8, 4) is 0 Å². The van der Waals surface area contributed by atoms with E-state index in [-0.39, 0.29) is 134 Å². The van der Waals surface area contributed by atoms with E-state index >= 15 is 0 Å². The third-order valence-electron chi connectivity index (χ3n) is 9.44. The zero-order valence-electron chi connectivity index (χ0n) is 36.7. The van der Waals surface area contributed by atoms with Crippen LogP contribution in [0.1, 0.15) is 0 Å². The second-order valence-electron chi connectivity index (χ2n) is 14.1. The first-order valence-electron chi connectivity index (χ1n) is 20.3. The second kappa shape index (κ2) is 35.7. The van der Waals surface area contributed by atoms with E-state index in [2.05, 4.69) is 29.9 Å². The molecule has 0 radical (unpaired) electrons. The van der Waals surface area contributed by atoms with Crippen LogP contribution in [0, 0.1) is 0 Å². The summed E-state index contributed by atoms with van der Waals surface area (Å²) in [5.41, 5.74) is 5.83. The van der Waals surface area contributed by atoms with Gasteiger partial charge in [0.05, 0.1) is 33.1 Å². The molecule has 0 N–H and O–H groups in total. The van der Waals surface area contributed by atoms with Crippen LogP contribution in [0.15, 0.2) is 249 Å². The molecule has 0 saturated carbocycles. The third kappa shape index (κ3) is 21.6. The zero-order chi connectivity index (χ0) is 46.1. The molecule has 0 atom stereocenters. The third-order valence-corrected chi connectivity index (χ3v) is 10.8. The van der Waals surface area contributed by atoms with E-state index in [4.69, 9.17) is 75.8 Å². The molecule has 0 aliphatic rings. The van der Waals surface area contributed by atoms with Gasteiger partial charge in [-0.2, -0.15) is 0 Å². The van der Waals surface area contributed by atoms with Gasteiger partial charge in [0.1, 0.15) is 0 Å². The minimum absolute atomic E-state index is 0. The molecule has 72 heavy (non-hydrogen) atoms. The number of benzene rings is 6. The van der Waals surface area contributed by atoms with Gasteiger partial charge in [-0.3, -0.25) is 29.9 Å². The van der Waals surface area contributed by atoms with Crippen LogP contribution < -0.4 is 0 Å². The Morgan fingerprint density at radius 1 is 0.167 bits per heavy atom.